The first-order chi connectivity index (χ1) is 14.3. The number of hydrogen-bond acceptors (Lipinski definition) is 4. The second-order valence-corrected chi connectivity index (χ2v) is 8.62. The molecule has 0 saturated heterocycles. The highest BCUT2D eigenvalue weighted by Crippen LogP contribution is 2.24. The van der Waals surface area contributed by atoms with Crippen molar-refractivity contribution < 1.29 is 17.9 Å². The minimum absolute atomic E-state index is 0.0534. The number of sulfonamides is 1. The summed E-state index contributed by atoms with van der Waals surface area (Å²) in [6.45, 7) is 4.29. The third kappa shape index (κ3) is 5.31. The van der Waals surface area contributed by atoms with Gasteiger partial charge in [0.2, 0.25) is 0 Å². The minimum Gasteiger partial charge on any atom is -0.494 e. The van der Waals surface area contributed by atoms with Crippen LogP contribution in [0, 0.1) is 6.92 Å². The number of ether oxygens (including phenoxy) is 1. The zero-order valence-electron chi connectivity index (χ0n) is 16.5. The van der Waals surface area contributed by atoms with E-state index >= 15 is 0 Å². The van der Waals surface area contributed by atoms with Crippen molar-refractivity contribution in [3.8, 4) is 5.75 Å². The number of rotatable bonds is 7. The first-order valence-electron chi connectivity index (χ1n) is 9.22. The van der Waals surface area contributed by atoms with E-state index in [9.17, 15) is 13.2 Å². The average molecular weight is 445 g/mol. The van der Waals surface area contributed by atoms with E-state index in [4.69, 9.17) is 16.3 Å². The van der Waals surface area contributed by atoms with E-state index in [1.165, 1.54) is 18.2 Å². The summed E-state index contributed by atoms with van der Waals surface area (Å²) in [4.78, 5) is 12.6. The number of anilines is 2. The van der Waals surface area contributed by atoms with Crippen molar-refractivity contribution in [1.82, 2.24) is 0 Å². The topological polar surface area (TPSA) is 84.5 Å². The maximum atomic E-state index is 12.8. The second-order valence-electron chi connectivity index (χ2n) is 6.53. The van der Waals surface area contributed by atoms with Crippen molar-refractivity contribution in [3.05, 3.63) is 82.9 Å². The summed E-state index contributed by atoms with van der Waals surface area (Å²) in [6.07, 6.45) is 0. The molecule has 1 amide bonds. The molecule has 0 spiro atoms. The normalized spacial score (nSPS) is 11.0. The number of benzene rings is 3. The van der Waals surface area contributed by atoms with Gasteiger partial charge in [-0.25, -0.2) is 8.42 Å². The molecule has 156 valence electrons. The Bertz CT molecular complexity index is 1160. The first kappa shape index (κ1) is 21.7. The Labute approximate surface area is 180 Å². The fourth-order valence-electron chi connectivity index (χ4n) is 2.77. The SMILES string of the molecule is CCOc1ccc(NC(=O)c2cc(S(=O)(=O)Nc3cccc(C)c3)ccc2Cl)cc1. The summed E-state index contributed by atoms with van der Waals surface area (Å²) < 4.78 is 33.4. The van der Waals surface area contributed by atoms with Crippen LogP contribution in [0.1, 0.15) is 22.8 Å². The Kier molecular flexibility index (Phi) is 6.64. The molecule has 0 aliphatic rings. The lowest BCUT2D eigenvalue weighted by molar-refractivity contribution is 0.102. The van der Waals surface area contributed by atoms with Crippen LogP contribution in [0.2, 0.25) is 5.02 Å². The molecule has 6 nitrogen and oxygen atoms in total. The standard InChI is InChI=1S/C22H21ClN2O4S/c1-3-29-18-9-7-16(8-10-18)24-22(26)20-14-19(11-12-21(20)23)30(27,28)25-17-6-4-5-15(2)13-17/h4-14,25H,3H2,1-2H3,(H,24,26). The van der Waals surface area contributed by atoms with Crippen LogP contribution in [0.15, 0.2) is 71.6 Å². The van der Waals surface area contributed by atoms with Gasteiger partial charge in [-0.2, -0.15) is 0 Å². The molecule has 0 unspecified atom stereocenters. The zero-order valence-corrected chi connectivity index (χ0v) is 18.0. The van der Waals surface area contributed by atoms with Gasteiger partial charge in [0, 0.05) is 11.4 Å². The average Bonchev–Trinajstić information content (AvgIpc) is 2.69. The largest absolute Gasteiger partial charge is 0.494 e. The van der Waals surface area contributed by atoms with Crippen LogP contribution in [0.5, 0.6) is 5.75 Å². The number of hydrogen-bond donors (Lipinski definition) is 2. The Morgan fingerprint density at radius 1 is 1.00 bits per heavy atom. The molecule has 0 bridgehead atoms. The van der Waals surface area contributed by atoms with Crippen LogP contribution in [0.25, 0.3) is 0 Å². The molecule has 0 atom stereocenters. The Morgan fingerprint density at radius 3 is 2.40 bits per heavy atom. The lowest BCUT2D eigenvalue weighted by atomic mass is 10.2. The number of nitrogens with one attached hydrogen (secondary N) is 2. The molecule has 3 rings (SSSR count). The summed E-state index contributed by atoms with van der Waals surface area (Å²) in [5.74, 6) is 0.167. The van der Waals surface area contributed by atoms with E-state index in [0.717, 1.165) is 5.56 Å². The molecule has 30 heavy (non-hydrogen) atoms. The van der Waals surface area contributed by atoms with Gasteiger partial charge in [-0.05, 0) is 74.0 Å². The number of carbonyl (C=O) groups is 1. The minimum atomic E-state index is -3.89. The van der Waals surface area contributed by atoms with E-state index in [0.29, 0.717) is 23.7 Å². The third-order valence-electron chi connectivity index (χ3n) is 4.19. The molecule has 0 aliphatic carbocycles. The molecule has 8 heteroatoms. The molecule has 0 aliphatic heterocycles. The van der Waals surface area contributed by atoms with Crippen molar-refractivity contribution in [2.75, 3.05) is 16.6 Å². The molecule has 0 heterocycles. The molecular weight excluding hydrogens is 424 g/mol. The van der Waals surface area contributed by atoms with Crippen molar-refractivity contribution in [2.45, 2.75) is 18.7 Å². The molecule has 3 aromatic carbocycles. The lowest BCUT2D eigenvalue weighted by Crippen LogP contribution is -2.16. The van der Waals surface area contributed by atoms with Crippen molar-refractivity contribution in [3.63, 3.8) is 0 Å². The summed E-state index contributed by atoms with van der Waals surface area (Å²) in [7, 11) is -3.89. The van der Waals surface area contributed by atoms with Crippen LogP contribution < -0.4 is 14.8 Å². The Hall–Kier alpha value is -3.03. The summed E-state index contributed by atoms with van der Waals surface area (Å²) in [5.41, 5.74) is 1.94. The smallest absolute Gasteiger partial charge is 0.261 e. The maximum absolute atomic E-state index is 12.8. The van der Waals surface area contributed by atoms with Crippen LogP contribution in [0.3, 0.4) is 0 Å². The molecule has 0 radical (unpaired) electrons. The quantitative estimate of drug-likeness (QED) is 0.531. The molecule has 0 saturated carbocycles. The van der Waals surface area contributed by atoms with Crippen molar-refractivity contribution in [2.24, 2.45) is 0 Å². The second kappa shape index (κ2) is 9.19. The fraction of sp³-hybridized carbons (Fsp3) is 0.136. The Balaban J connectivity index is 1.82. The monoisotopic (exact) mass is 444 g/mol. The van der Waals surface area contributed by atoms with Gasteiger partial charge in [-0.3, -0.25) is 9.52 Å². The number of aryl methyl sites for hydroxylation is 1. The van der Waals surface area contributed by atoms with Gasteiger partial charge in [0.25, 0.3) is 15.9 Å². The predicted molar refractivity (Wildman–Crippen MR) is 119 cm³/mol. The highest BCUT2D eigenvalue weighted by atomic mass is 35.5. The number of amides is 1. The van der Waals surface area contributed by atoms with Crippen LogP contribution in [-0.2, 0) is 10.0 Å². The molecule has 0 fully saturated rings. The summed E-state index contributed by atoms with van der Waals surface area (Å²) in [5, 5.41) is 2.86. The van der Waals surface area contributed by atoms with Gasteiger partial charge in [0.15, 0.2) is 0 Å². The lowest BCUT2D eigenvalue weighted by Gasteiger charge is -2.12. The van der Waals surface area contributed by atoms with Gasteiger partial charge in [0.1, 0.15) is 5.75 Å². The van der Waals surface area contributed by atoms with Crippen LogP contribution in [-0.4, -0.2) is 20.9 Å². The molecular formula is C22H21ClN2O4S. The number of halogens is 1. The van der Waals surface area contributed by atoms with E-state index in [2.05, 4.69) is 10.0 Å². The van der Waals surface area contributed by atoms with Gasteiger partial charge in [-0.15, -0.1) is 0 Å². The molecule has 3 aromatic rings. The van der Waals surface area contributed by atoms with E-state index in [-0.39, 0.29) is 15.5 Å². The van der Waals surface area contributed by atoms with Crippen LogP contribution >= 0.6 is 11.6 Å². The van der Waals surface area contributed by atoms with Crippen LogP contribution in [0.4, 0.5) is 11.4 Å². The summed E-state index contributed by atoms with van der Waals surface area (Å²) in [6, 6.07) is 17.8. The van der Waals surface area contributed by atoms with E-state index in [1.54, 1.807) is 42.5 Å². The van der Waals surface area contributed by atoms with Crippen molar-refractivity contribution in [1.29, 1.82) is 0 Å². The van der Waals surface area contributed by atoms with Gasteiger partial charge < -0.3 is 10.1 Å². The van der Waals surface area contributed by atoms with Gasteiger partial charge >= 0.3 is 0 Å². The Morgan fingerprint density at radius 2 is 1.73 bits per heavy atom. The fourth-order valence-corrected chi connectivity index (χ4v) is 4.05. The van der Waals surface area contributed by atoms with E-state index < -0.39 is 15.9 Å². The number of carbonyl (C=O) groups excluding carboxylic acids is 1. The highest BCUT2D eigenvalue weighted by Gasteiger charge is 2.19. The van der Waals surface area contributed by atoms with Gasteiger partial charge in [-0.1, -0.05) is 23.7 Å². The highest BCUT2D eigenvalue weighted by molar-refractivity contribution is 7.92. The van der Waals surface area contributed by atoms with Crippen molar-refractivity contribution >= 4 is 38.9 Å². The van der Waals surface area contributed by atoms with Gasteiger partial charge in [0.05, 0.1) is 22.1 Å². The molecule has 0 aromatic heterocycles. The first-order valence-corrected chi connectivity index (χ1v) is 11.1. The molecule has 2 N–H and O–H groups in total. The maximum Gasteiger partial charge on any atom is 0.261 e. The zero-order chi connectivity index (χ0) is 21.7. The third-order valence-corrected chi connectivity index (χ3v) is 5.89. The predicted octanol–water partition coefficient (Wildman–Crippen LogP) is 5.10. The van der Waals surface area contributed by atoms with E-state index in [1.807, 2.05) is 19.9 Å². The summed E-state index contributed by atoms with van der Waals surface area (Å²) >= 11 is 6.16.